The topological polar surface area (TPSA) is 43.8 Å². The zero-order valence-electron chi connectivity index (χ0n) is 7.29. The molecule has 0 aliphatic rings. The maximum absolute atomic E-state index is 6.01. The van der Waals surface area contributed by atoms with E-state index in [4.69, 9.17) is 17.3 Å². The fourth-order valence-corrected chi connectivity index (χ4v) is 1.61. The van der Waals surface area contributed by atoms with Crippen LogP contribution in [0.3, 0.4) is 0 Å². The molecular formula is C9H10ClN3. The molecule has 0 radical (unpaired) electrons. The van der Waals surface area contributed by atoms with Crippen molar-refractivity contribution in [1.29, 1.82) is 0 Å². The molecule has 1 heterocycles. The molecule has 0 bridgehead atoms. The third-order valence-corrected chi connectivity index (χ3v) is 2.49. The predicted octanol–water partition coefficient (Wildman–Crippen LogP) is 1.69. The van der Waals surface area contributed by atoms with Gasteiger partial charge in [-0.3, -0.25) is 4.68 Å². The van der Waals surface area contributed by atoms with E-state index in [0.29, 0.717) is 11.6 Å². The van der Waals surface area contributed by atoms with Crippen LogP contribution in [-0.2, 0) is 13.6 Å². The van der Waals surface area contributed by atoms with E-state index in [9.17, 15) is 0 Å². The van der Waals surface area contributed by atoms with E-state index in [0.717, 1.165) is 16.5 Å². The van der Waals surface area contributed by atoms with Crippen LogP contribution in [0.2, 0.25) is 5.02 Å². The van der Waals surface area contributed by atoms with E-state index in [1.54, 1.807) is 4.68 Å². The monoisotopic (exact) mass is 195 g/mol. The molecule has 1 aromatic heterocycles. The third kappa shape index (κ3) is 1.30. The van der Waals surface area contributed by atoms with Gasteiger partial charge in [-0.25, -0.2) is 0 Å². The second-order valence-electron chi connectivity index (χ2n) is 2.97. The Bertz CT molecular complexity index is 447. The highest BCUT2D eigenvalue weighted by atomic mass is 35.5. The molecule has 2 N–H and O–H groups in total. The Labute approximate surface area is 81.1 Å². The zero-order valence-corrected chi connectivity index (χ0v) is 8.04. The molecule has 0 aliphatic carbocycles. The van der Waals surface area contributed by atoms with E-state index in [1.165, 1.54) is 0 Å². The second-order valence-corrected chi connectivity index (χ2v) is 3.38. The van der Waals surface area contributed by atoms with E-state index in [1.807, 2.05) is 25.4 Å². The molecule has 68 valence electrons. The quantitative estimate of drug-likeness (QED) is 0.753. The summed E-state index contributed by atoms with van der Waals surface area (Å²) in [6.45, 7) is 0.462. The predicted molar refractivity (Wildman–Crippen MR) is 53.6 cm³/mol. The van der Waals surface area contributed by atoms with Crippen molar-refractivity contribution in [1.82, 2.24) is 9.78 Å². The van der Waals surface area contributed by atoms with Crippen molar-refractivity contribution in [3.05, 3.63) is 28.9 Å². The van der Waals surface area contributed by atoms with E-state index in [2.05, 4.69) is 5.10 Å². The largest absolute Gasteiger partial charge is 0.326 e. The van der Waals surface area contributed by atoms with Crippen molar-refractivity contribution in [3.8, 4) is 0 Å². The Hall–Kier alpha value is -1.06. The van der Waals surface area contributed by atoms with Gasteiger partial charge >= 0.3 is 0 Å². The van der Waals surface area contributed by atoms with Gasteiger partial charge in [0.1, 0.15) is 0 Å². The van der Waals surface area contributed by atoms with Crippen LogP contribution in [0.5, 0.6) is 0 Å². The number of halogens is 1. The number of aromatic nitrogens is 2. The smallest absolute Gasteiger partial charge is 0.0694 e. The normalized spacial score (nSPS) is 11.0. The average Bonchev–Trinajstić information content (AvgIpc) is 2.47. The molecule has 0 unspecified atom stereocenters. The first-order chi connectivity index (χ1) is 6.22. The molecule has 3 nitrogen and oxygen atoms in total. The number of hydrogen-bond donors (Lipinski definition) is 1. The molecule has 0 aliphatic heterocycles. The van der Waals surface area contributed by atoms with Gasteiger partial charge in [-0.2, -0.15) is 5.10 Å². The van der Waals surface area contributed by atoms with Gasteiger partial charge in [0, 0.05) is 24.0 Å². The molecule has 0 saturated heterocycles. The third-order valence-electron chi connectivity index (χ3n) is 2.13. The van der Waals surface area contributed by atoms with E-state index in [-0.39, 0.29) is 0 Å². The molecule has 2 aromatic rings. The lowest BCUT2D eigenvalue weighted by molar-refractivity contribution is 0.797. The first kappa shape index (κ1) is 8.53. The van der Waals surface area contributed by atoms with E-state index >= 15 is 0 Å². The molecule has 1 aromatic carbocycles. The minimum atomic E-state index is 0.462. The van der Waals surface area contributed by atoms with Gasteiger partial charge in [-0.15, -0.1) is 0 Å². The number of aryl methyl sites for hydroxylation is 1. The number of rotatable bonds is 1. The Morgan fingerprint density at radius 1 is 1.54 bits per heavy atom. The summed E-state index contributed by atoms with van der Waals surface area (Å²) in [6, 6.07) is 3.87. The molecule has 2 rings (SSSR count). The van der Waals surface area contributed by atoms with Crippen LogP contribution in [0.1, 0.15) is 5.56 Å². The lowest BCUT2D eigenvalue weighted by atomic mass is 10.1. The molecule has 0 fully saturated rings. The van der Waals surface area contributed by atoms with Gasteiger partial charge in [0.05, 0.1) is 11.7 Å². The number of hydrogen-bond acceptors (Lipinski definition) is 2. The van der Waals surface area contributed by atoms with Crippen LogP contribution in [0.15, 0.2) is 18.3 Å². The van der Waals surface area contributed by atoms with Crippen LogP contribution in [-0.4, -0.2) is 9.78 Å². The maximum Gasteiger partial charge on any atom is 0.0694 e. The average molecular weight is 196 g/mol. The Balaban J connectivity index is 2.76. The highest BCUT2D eigenvalue weighted by molar-refractivity contribution is 6.32. The number of nitrogens with zero attached hydrogens (tertiary/aromatic N) is 2. The van der Waals surface area contributed by atoms with Gasteiger partial charge in [0.15, 0.2) is 0 Å². The first-order valence-electron chi connectivity index (χ1n) is 4.02. The minimum Gasteiger partial charge on any atom is -0.326 e. The molecule has 0 spiro atoms. The first-order valence-corrected chi connectivity index (χ1v) is 4.40. The lowest BCUT2D eigenvalue weighted by Crippen LogP contribution is -1.97. The van der Waals surface area contributed by atoms with Crippen molar-refractivity contribution in [2.45, 2.75) is 6.54 Å². The standard InChI is InChI=1S/C9H10ClN3/c1-13-9-3-8(10)6(4-11)2-7(9)5-12-13/h2-3,5H,4,11H2,1H3. The van der Waals surface area contributed by atoms with Crippen LogP contribution < -0.4 is 5.73 Å². The minimum absolute atomic E-state index is 0.462. The van der Waals surface area contributed by atoms with Crippen molar-refractivity contribution in [3.63, 3.8) is 0 Å². The summed E-state index contributed by atoms with van der Waals surface area (Å²) in [5.41, 5.74) is 7.53. The lowest BCUT2D eigenvalue weighted by Gasteiger charge is -2.01. The summed E-state index contributed by atoms with van der Waals surface area (Å²) < 4.78 is 1.79. The second kappa shape index (κ2) is 3.01. The summed E-state index contributed by atoms with van der Waals surface area (Å²) in [5.74, 6) is 0. The Kier molecular flexibility index (Phi) is 1.98. The summed E-state index contributed by atoms with van der Waals surface area (Å²) in [4.78, 5) is 0. The summed E-state index contributed by atoms with van der Waals surface area (Å²) in [6.07, 6.45) is 1.81. The van der Waals surface area contributed by atoms with Crippen LogP contribution in [0, 0.1) is 0 Å². The zero-order chi connectivity index (χ0) is 9.42. The van der Waals surface area contributed by atoms with Gasteiger partial charge in [0.25, 0.3) is 0 Å². The van der Waals surface area contributed by atoms with Crippen molar-refractivity contribution in [2.75, 3.05) is 0 Å². The number of fused-ring (bicyclic) bond motifs is 1. The molecule has 0 saturated carbocycles. The Morgan fingerprint density at radius 3 is 3.00 bits per heavy atom. The maximum atomic E-state index is 6.01. The van der Waals surface area contributed by atoms with Crippen LogP contribution in [0.25, 0.3) is 10.9 Å². The van der Waals surface area contributed by atoms with Crippen LogP contribution >= 0.6 is 11.6 Å². The van der Waals surface area contributed by atoms with E-state index < -0.39 is 0 Å². The SMILES string of the molecule is Cn1ncc2cc(CN)c(Cl)cc21. The van der Waals surface area contributed by atoms with Gasteiger partial charge in [-0.05, 0) is 17.7 Å². The number of nitrogens with two attached hydrogens (primary N) is 1. The van der Waals surface area contributed by atoms with Crippen molar-refractivity contribution < 1.29 is 0 Å². The van der Waals surface area contributed by atoms with Crippen molar-refractivity contribution >= 4 is 22.5 Å². The van der Waals surface area contributed by atoms with Gasteiger partial charge < -0.3 is 5.73 Å². The highest BCUT2D eigenvalue weighted by Gasteiger charge is 2.04. The van der Waals surface area contributed by atoms with Gasteiger partial charge in [0.2, 0.25) is 0 Å². The Morgan fingerprint density at radius 2 is 2.31 bits per heavy atom. The van der Waals surface area contributed by atoms with Crippen LogP contribution in [0.4, 0.5) is 0 Å². The highest BCUT2D eigenvalue weighted by Crippen LogP contribution is 2.22. The summed E-state index contributed by atoms with van der Waals surface area (Å²) in [7, 11) is 1.89. The molecule has 4 heteroatoms. The molecule has 0 amide bonds. The van der Waals surface area contributed by atoms with Gasteiger partial charge in [-0.1, -0.05) is 11.6 Å². The fraction of sp³-hybridized carbons (Fsp3) is 0.222. The molecule has 13 heavy (non-hydrogen) atoms. The molecular weight excluding hydrogens is 186 g/mol. The fourth-order valence-electron chi connectivity index (χ4n) is 1.38. The number of benzene rings is 1. The summed E-state index contributed by atoms with van der Waals surface area (Å²) >= 11 is 6.01. The molecule has 0 atom stereocenters. The summed E-state index contributed by atoms with van der Waals surface area (Å²) in [5, 5.41) is 5.91. The van der Waals surface area contributed by atoms with Crippen molar-refractivity contribution in [2.24, 2.45) is 12.8 Å².